The van der Waals surface area contributed by atoms with Gasteiger partial charge in [0.05, 0.1) is 6.04 Å². The third kappa shape index (κ3) is 5.19. The van der Waals surface area contributed by atoms with E-state index < -0.39 is 0 Å². The topological polar surface area (TPSA) is 80.1 Å². The molecule has 7 heteroatoms. The minimum absolute atomic E-state index is 0.0195. The number of aromatic nitrogens is 3. The van der Waals surface area contributed by atoms with Crippen LogP contribution in [0.25, 0.3) is 16.6 Å². The van der Waals surface area contributed by atoms with E-state index in [9.17, 15) is 9.59 Å². The standard InChI is InChI=1S/C28H33N5O2/c1-6-25(34)32-15-13-23(14-16-32)22-9-7-21(8-10-22)19(4)30-28-29-17-24-11-12-26(35)33(27(24)31-28)20(5)18(2)3/h6-13,17-20H,1,14-16H2,2-5H3,(H,29,30,31)/t19-,20-/m0/s1. The van der Waals surface area contributed by atoms with Gasteiger partial charge in [-0.1, -0.05) is 50.8 Å². The van der Waals surface area contributed by atoms with E-state index in [0.717, 1.165) is 17.4 Å². The van der Waals surface area contributed by atoms with Crippen molar-refractivity contribution in [2.24, 2.45) is 5.92 Å². The van der Waals surface area contributed by atoms with Gasteiger partial charge in [-0.25, -0.2) is 4.98 Å². The molecule has 3 heterocycles. The van der Waals surface area contributed by atoms with Crippen LogP contribution in [0.3, 0.4) is 0 Å². The second kappa shape index (κ2) is 10.3. The Morgan fingerprint density at radius 2 is 1.86 bits per heavy atom. The highest BCUT2D eigenvalue weighted by molar-refractivity contribution is 5.87. The normalized spacial score (nSPS) is 15.6. The maximum atomic E-state index is 12.6. The quantitative estimate of drug-likeness (QED) is 0.492. The van der Waals surface area contributed by atoms with E-state index in [4.69, 9.17) is 4.98 Å². The largest absolute Gasteiger partial charge is 0.348 e. The van der Waals surface area contributed by atoms with E-state index in [-0.39, 0.29) is 23.6 Å². The summed E-state index contributed by atoms with van der Waals surface area (Å²) in [6.45, 7) is 13.2. The van der Waals surface area contributed by atoms with Gasteiger partial charge in [-0.15, -0.1) is 0 Å². The molecule has 1 N–H and O–H groups in total. The van der Waals surface area contributed by atoms with Crippen LogP contribution in [0.15, 0.2) is 66.1 Å². The first-order valence-corrected chi connectivity index (χ1v) is 12.1. The molecule has 0 radical (unpaired) electrons. The second-order valence-corrected chi connectivity index (χ2v) is 9.45. The van der Waals surface area contributed by atoms with Crippen molar-refractivity contribution < 1.29 is 4.79 Å². The van der Waals surface area contributed by atoms with Crippen LogP contribution in [-0.4, -0.2) is 38.4 Å². The third-order valence-corrected chi connectivity index (χ3v) is 6.86. The molecule has 1 amide bonds. The summed E-state index contributed by atoms with van der Waals surface area (Å²) in [6, 6.07) is 11.8. The van der Waals surface area contributed by atoms with Crippen molar-refractivity contribution >= 4 is 28.5 Å². The molecule has 1 aliphatic rings. The Morgan fingerprint density at radius 3 is 2.49 bits per heavy atom. The third-order valence-electron chi connectivity index (χ3n) is 6.86. The highest BCUT2D eigenvalue weighted by atomic mass is 16.2. The number of benzene rings is 1. The maximum absolute atomic E-state index is 12.6. The molecule has 0 bridgehead atoms. The van der Waals surface area contributed by atoms with Gasteiger partial charge in [-0.2, -0.15) is 4.98 Å². The van der Waals surface area contributed by atoms with Gasteiger partial charge < -0.3 is 10.2 Å². The van der Waals surface area contributed by atoms with Gasteiger partial charge in [0.2, 0.25) is 11.9 Å². The smallest absolute Gasteiger partial charge is 0.252 e. The SMILES string of the molecule is C=CC(=O)N1CC=C(c2ccc([C@H](C)Nc3ncc4ccc(=O)n([C@@H](C)C(C)C)c4n3)cc2)CC1. The fraction of sp³-hybridized carbons (Fsp3) is 0.357. The summed E-state index contributed by atoms with van der Waals surface area (Å²) >= 11 is 0. The molecule has 182 valence electrons. The molecule has 0 unspecified atom stereocenters. The Kier molecular flexibility index (Phi) is 7.15. The number of carbonyl (C=O) groups is 1. The number of nitrogens with one attached hydrogen (secondary N) is 1. The van der Waals surface area contributed by atoms with Crippen molar-refractivity contribution in [2.45, 2.75) is 46.2 Å². The predicted octanol–water partition coefficient (Wildman–Crippen LogP) is 4.98. The van der Waals surface area contributed by atoms with E-state index in [1.807, 2.05) is 6.92 Å². The number of rotatable bonds is 7. The van der Waals surface area contributed by atoms with Crippen LogP contribution in [-0.2, 0) is 4.79 Å². The van der Waals surface area contributed by atoms with Gasteiger partial charge in [0.15, 0.2) is 0 Å². The van der Waals surface area contributed by atoms with Crippen molar-refractivity contribution in [1.82, 2.24) is 19.4 Å². The summed E-state index contributed by atoms with van der Waals surface area (Å²) < 4.78 is 1.76. The minimum Gasteiger partial charge on any atom is -0.348 e. The number of pyridine rings is 1. The zero-order valence-electron chi connectivity index (χ0n) is 20.9. The molecule has 4 rings (SSSR count). The van der Waals surface area contributed by atoms with Crippen LogP contribution in [0.5, 0.6) is 0 Å². The summed E-state index contributed by atoms with van der Waals surface area (Å²) in [5.74, 6) is 0.764. The summed E-state index contributed by atoms with van der Waals surface area (Å²) in [4.78, 5) is 35.4. The number of carbonyl (C=O) groups excluding carboxylic acids is 1. The van der Waals surface area contributed by atoms with Crippen LogP contribution in [0.2, 0.25) is 0 Å². The Hall–Kier alpha value is -3.74. The number of nitrogens with zero attached hydrogens (tertiary/aromatic N) is 4. The highest BCUT2D eigenvalue weighted by Gasteiger charge is 2.18. The van der Waals surface area contributed by atoms with E-state index in [2.05, 4.69) is 68.0 Å². The van der Waals surface area contributed by atoms with E-state index >= 15 is 0 Å². The zero-order valence-corrected chi connectivity index (χ0v) is 20.9. The van der Waals surface area contributed by atoms with Crippen molar-refractivity contribution in [3.05, 3.63) is 82.8 Å². The molecule has 0 saturated carbocycles. The Labute approximate surface area is 206 Å². The lowest BCUT2D eigenvalue weighted by Gasteiger charge is -2.25. The lowest BCUT2D eigenvalue weighted by molar-refractivity contribution is -0.125. The maximum Gasteiger partial charge on any atom is 0.252 e. The summed E-state index contributed by atoms with van der Waals surface area (Å²) in [5.41, 5.74) is 4.12. The summed E-state index contributed by atoms with van der Waals surface area (Å²) in [5, 5.41) is 4.22. The average Bonchev–Trinajstić information content (AvgIpc) is 2.88. The number of amides is 1. The van der Waals surface area contributed by atoms with Crippen LogP contribution in [0, 0.1) is 5.92 Å². The van der Waals surface area contributed by atoms with E-state index in [1.54, 1.807) is 27.8 Å². The molecule has 3 aromatic rings. The molecule has 1 aromatic carbocycles. The molecule has 0 aliphatic carbocycles. The number of anilines is 1. The average molecular weight is 472 g/mol. The van der Waals surface area contributed by atoms with Crippen LogP contribution in [0.4, 0.5) is 5.95 Å². The van der Waals surface area contributed by atoms with Crippen molar-refractivity contribution in [2.75, 3.05) is 18.4 Å². The van der Waals surface area contributed by atoms with Gasteiger partial charge >= 0.3 is 0 Å². The first kappa shape index (κ1) is 24.4. The Balaban J connectivity index is 1.51. The Morgan fingerprint density at radius 1 is 1.11 bits per heavy atom. The van der Waals surface area contributed by atoms with Gasteiger partial charge in [0, 0.05) is 36.8 Å². The molecule has 2 aromatic heterocycles. The molecule has 0 spiro atoms. The van der Waals surface area contributed by atoms with Gasteiger partial charge in [0.25, 0.3) is 5.56 Å². The molecule has 2 atom stereocenters. The molecular formula is C28H33N5O2. The van der Waals surface area contributed by atoms with Gasteiger partial charge in [0.1, 0.15) is 5.65 Å². The zero-order chi connectivity index (χ0) is 25.1. The van der Waals surface area contributed by atoms with Crippen LogP contribution in [0.1, 0.15) is 57.3 Å². The van der Waals surface area contributed by atoms with Gasteiger partial charge in [-0.05, 0) is 55.0 Å². The Bertz CT molecular complexity index is 1320. The molecule has 7 nitrogen and oxygen atoms in total. The van der Waals surface area contributed by atoms with Gasteiger partial charge in [-0.3, -0.25) is 14.2 Å². The van der Waals surface area contributed by atoms with Crippen LogP contribution < -0.4 is 10.9 Å². The fourth-order valence-electron chi connectivity index (χ4n) is 4.32. The molecule has 35 heavy (non-hydrogen) atoms. The lowest BCUT2D eigenvalue weighted by atomic mass is 9.97. The number of hydrogen-bond donors (Lipinski definition) is 1. The summed E-state index contributed by atoms with van der Waals surface area (Å²) in [6.07, 6.45) is 6.07. The number of hydrogen-bond acceptors (Lipinski definition) is 5. The van der Waals surface area contributed by atoms with Crippen molar-refractivity contribution in [1.29, 1.82) is 0 Å². The highest BCUT2D eigenvalue weighted by Crippen LogP contribution is 2.26. The van der Waals surface area contributed by atoms with Crippen molar-refractivity contribution in [3.63, 3.8) is 0 Å². The molecular weight excluding hydrogens is 438 g/mol. The number of fused-ring (bicyclic) bond motifs is 1. The monoisotopic (exact) mass is 471 g/mol. The second-order valence-electron chi connectivity index (χ2n) is 9.45. The summed E-state index contributed by atoms with van der Waals surface area (Å²) in [7, 11) is 0. The predicted molar refractivity (Wildman–Crippen MR) is 141 cm³/mol. The van der Waals surface area contributed by atoms with E-state index in [0.29, 0.717) is 30.6 Å². The lowest BCUT2D eigenvalue weighted by Crippen LogP contribution is -2.33. The molecule has 0 fully saturated rings. The van der Waals surface area contributed by atoms with E-state index in [1.165, 1.54) is 17.2 Å². The fourth-order valence-corrected chi connectivity index (χ4v) is 4.32. The molecule has 1 aliphatic heterocycles. The van der Waals surface area contributed by atoms with Crippen molar-refractivity contribution in [3.8, 4) is 0 Å². The minimum atomic E-state index is -0.0546. The first-order valence-electron chi connectivity index (χ1n) is 12.1. The first-order chi connectivity index (χ1) is 16.8. The van der Waals surface area contributed by atoms with Crippen LogP contribution >= 0.6 is 0 Å². The molecule has 0 saturated heterocycles.